The summed E-state index contributed by atoms with van der Waals surface area (Å²) in [5.74, 6) is -1.43. The average molecular weight is 386 g/mol. The Kier molecular flexibility index (Phi) is 4.27. The maximum absolute atomic E-state index is 13.4. The van der Waals surface area contributed by atoms with Crippen molar-refractivity contribution in [2.75, 3.05) is 4.90 Å². The Hall–Kier alpha value is -3.00. The number of hydrogen-bond acceptors (Lipinski definition) is 5. The van der Waals surface area contributed by atoms with Crippen LogP contribution in [0, 0.1) is 12.7 Å². The van der Waals surface area contributed by atoms with Crippen LogP contribution in [0.4, 0.5) is 10.1 Å². The van der Waals surface area contributed by atoms with E-state index in [-0.39, 0.29) is 12.4 Å². The molecule has 1 aromatic heterocycles. The fourth-order valence-corrected chi connectivity index (χ4v) is 4.02. The van der Waals surface area contributed by atoms with Gasteiger partial charge in [0, 0.05) is 0 Å². The van der Waals surface area contributed by atoms with Crippen LogP contribution in [0.1, 0.15) is 17.0 Å². The standard InChI is InChI=1S/C19H15FN2O4S/c1-10-2-5-14-13(6-10)22(19(25)15(26-14)8-18(23)24)9-17-21-12-4-3-11(20)7-16(12)27-17/h2-7,15H,8-9H2,1H3,(H,23,24). The van der Waals surface area contributed by atoms with E-state index in [0.29, 0.717) is 26.7 Å². The zero-order valence-corrected chi connectivity index (χ0v) is 15.1. The van der Waals surface area contributed by atoms with Crippen LogP contribution in [0.3, 0.4) is 0 Å². The predicted octanol–water partition coefficient (Wildman–Crippen LogP) is 3.51. The first-order chi connectivity index (χ1) is 12.9. The summed E-state index contributed by atoms with van der Waals surface area (Å²) >= 11 is 1.30. The second-order valence-electron chi connectivity index (χ2n) is 6.32. The minimum Gasteiger partial charge on any atom is -0.481 e. The molecule has 3 aromatic rings. The molecule has 1 atom stereocenters. The molecule has 1 N–H and O–H groups in total. The first-order valence-electron chi connectivity index (χ1n) is 8.26. The van der Waals surface area contributed by atoms with Crippen LogP contribution < -0.4 is 9.64 Å². The molecule has 0 spiro atoms. The minimum atomic E-state index is -1.11. The number of carbonyl (C=O) groups excluding carboxylic acids is 1. The monoisotopic (exact) mass is 386 g/mol. The Bertz CT molecular complexity index is 1070. The fourth-order valence-electron chi connectivity index (χ4n) is 3.03. The zero-order chi connectivity index (χ0) is 19.1. The van der Waals surface area contributed by atoms with Crippen molar-refractivity contribution < 1.29 is 23.8 Å². The number of hydrogen-bond donors (Lipinski definition) is 1. The number of aliphatic carboxylic acids is 1. The smallest absolute Gasteiger partial charge is 0.307 e. The van der Waals surface area contributed by atoms with Gasteiger partial charge in [0.05, 0.1) is 28.9 Å². The average Bonchev–Trinajstić information content (AvgIpc) is 3.00. The minimum absolute atomic E-state index is 0.162. The number of halogens is 1. The van der Waals surface area contributed by atoms with E-state index in [4.69, 9.17) is 9.84 Å². The third-order valence-corrected chi connectivity index (χ3v) is 5.27. The number of amides is 1. The number of ether oxygens (including phenoxy) is 1. The fraction of sp³-hybridized carbons (Fsp3) is 0.211. The van der Waals surface area contributed by atoms with Crippen molar-refractivity contribution in [3.8, 4) is 5.75 Å². The molecule has 27 heavy (non-hydrogen) atoms. The summed E-state index contributed by atoms with van der Waals surface area (Å²) in [6, 6.07) is 9.72. The Labute approximate surface area is 157 Å². The van der Waals surface area contributed by atoms with E-state index in [1.807, 2.05) is 19.1 Å². The summed E-state index contributed by atoms with van der Waals surface area (Å²) in [6.45, 7) is 2.06. The number of anilines is 1. The van der Waals surface area contributed by atoms with Crippen LogP contribution >= 0.6 is 11.3 Å². The normalized spacial score (nSPS) is 16.3. The van der Waals surface area contributed by atoms with Gasteiger partial charge in [0.15, 0.2) is 6.10 Å². The van der Waals surface area contributed by atoms with Gasteiger partial charge in [-0.25, -0.2) is 9.37 Å². The van der Waals surface area contributed by atoms with Gasteiger partial charge < -0.3 is 9.84 Å². The second-order valence-corrected chi connectivity index (χ2v) is 7.43. The lowest BCUT2D eigenvalue weighted by atomic mass is 10.1. The van der Waals surface area contributed by atoms with Crippen LogP contribution in [0.5, 0.6) is 5.75 Å². The number of rotatable bonds is 4. The molecule has 8 heteroatoms. The molecule has 1 aliphatic heterocycles. The van der Waals surface area contributed by atoms with Gasteiger partial charge in [-0.1, -0.05) is 6.07 Å². The van der Waals surface area contributed by atoms with Crippen LogP contribution in [0.15, 0.2) is 36.4 Å². The van der Waals surface area contributed by atoms with Crippen molar-refractivity contribution >= 4 is 39.1 Å². The molecule has 0 saturated carbocycles. The van der Waals surface area contributed by atoms with Crippen LogP contribution in [-0.2, 0) is 16.1 Å². The third-order valence-electron chi connectivity index (χ3n) is 4.26. The molecule has 0 fully saturated rings. The third kappa shape index (κ3) is 3.35. The highest BCUT2D eigenvalue weighted by atomic mass is 32.1. The number of carboxylic acids is 1. The van der Waals surface area contributed by atoms with Gasteiger partial charge in [0.25, 0.3) is 5.91 Å². The maximum Gasteiger partial charge on any atom is 0.307 e. The number of fused-ring (bicyclic) bond motifs is 2. The number of carbonyl (C=O) groups is 2. The van der Waals surface area contributed by atoms with Crippen molar-refractivity contribution in [3.63, 3.8) is 0 Å². The van der Waals surface area contributed by atoms with Crippen molar-refractivity contribution in [2.45, 2.75) is 26.0 Å². The molecule has 4 rings (SSSR count). The lowest BCUT2D eigenvalue weighted by molar-refractivity contribution is -0.142. The number of thiazole rings is 1. The SMILES string of the molecule is Cc1ccc2c(c1)N(Cc1nc3ccc(F)cc3s1)C(=O)C(CC(=O)O)O2. The van der Waals surface area contributed by atoms with Gasteiger partial charge in [-0.3, -0.25) is 14.5 Å². The number of benzene rings is 2. The van der Waals surface area contributed by atoms with E-state index in [1.54, 1.807) is 12.1 Å². The molecule has 0 bridgehead atoms. The number of aromatic nitrogens is 1. The van der Waals surface area contributed by atoms with Crippen molar-refractivity contribution in [2.24, 2.45) is 0 Å². The largest absolute Gasteiger partial charge is 0.481 e. The van der Waals surface area contributed by atoms with E-state index in [1.165, 1.54) is 28.4 Å². The Morgan fingerprint density at radius 3 is 2.93 bits per heavy atom. The lowest BCUT2D eigenvalue weighted by Crippen LogP contribution is -2.46. The van der Waals surface area contributed by atoms with Gasteiger partial charge >= 0.3 is 5.97 Å². The van der Waals surface area contributed by atoms with Gasteiger partial charge in [-0.2, -0.15) is 0 Å². The summed E-state index contributed by atoms with van der Waals surface area (Å²) in [5, 5.41) is 9.71. The molecule has 0 aliphatic carbocycles. The van der Waals surface area contributed by atoms with Crippen molar-refractivity contribution in [1.82, 2.24) is 4.98 Å². The molecular weight excluding hydrogens is 371 g/mol. The zero-order valence-electron chi connectivity index (χ0n) is 14.3. The van der Waals surface area contributed by atoms with E-state index in [2.05, 4.69) is 4.98 Å². The molecule has 2 aromatic carbocycles. The Balaban J connectivity index is 1.72. The first kappa shape index (κ1) is 17.4. The van der Waals surface area contributed by atoms with Crippen LogP contribution in [0.2, 0.25) is 0 Å². The molecular formula is C19H15FN2O4S. The molecule has 1 unspecified atom stereocenters. The quantitative estimate of drug-likeness (QED) is 0.742. The van der Waals surface area contributed by atoms with E-state index in [9.17, 15) is 14.0 Å². The summed E-state index contributed by atoms with van der Waals surface area (Å²) < 4.78 is 19.7. The van der Waals surface area contributed by atoms with E-state index < -0.39 is 24.4 Å². The van der Waals surface area contributed by atoms with Gasteiger partial charge in [0.1, 0.15) is 16.6 Å². The first-order valence-corrected chi connectivity index (χ1v) is 9.08. The van der Waals surface area contributed by atoms with Gasteiger partial charge in [-0.05, 0) is 42.8 Å². The lowest BCUT2D eigenvalue weighted by Gasteiger charge is -2.33. The molecule has 6 nitrogen and oxygen atoms in total. The van der Waals surface area contributed by atoms with Crippen molar-refractivity contribution in [3.05, 3.63) is 52.8 Å². The summed E-state index contributed by atoms with van der Waals surface area (Å²) in [7, 11) is 0. The maximum atomic E-state index is 13.4. The van der Waals surface area contributed by atoms with Gasteiger partial charge in [0.2, 0.25) is 0 Å². The Morgan fingerprint density at radius 1 is 1.33 bits per heavy atom. The highest BCUT2D eigenvalue weighted by Gasteiger charge is 2.36. The predicted molar refractivity (Wildman–Crippen MR) is 98.6 cm³/mol. The van der Waals surface area contributed by atoms with Gasteiger partial charge in [-0.15, -0.1) is 11.3 Å². The molecule has 1 aliphatic rings. The molecule has 0 saturated heterocycles. The number of nitrogens with zero attached hydrogens (tertiary/aromatic N) is 2. The van der Waals surface area contributed by atoms with Crippen LogP contribution in [-0.4, -0.2) is 28.1 Å². The van der Waals surface area contributed by atoms with Crippen molar-refractivity contribution in [1.29, 1.82) is 0 Å². The van der Waals surface area contributed by atoms with Crippen LogP contribution in [0.25, 0.3) is 10.2 Å². The van der Waals surface area contributed by atoms with E-state index in [0.717, 1.165) is 5.56 Å². The molecule has 0 radical (unpaired) electrons. The highest BCUT2D eigenvalue weighted by molar-refractivity contribution is 7.18. The number of carboxylic acid groups (broad SMARTS) is 1. The highest BCUT2D eigenvalue weighted by Crippen LogP contribution is 2.37. The number of aryl methyl sites for hydroxylation is 1. The molecule has 2 heterocycles. The summed E-state index contributed by atoms with van der Waals surface area (Å²) in [5.41, 5.74) is 2.17. The molecule has 138 valence electrons. The van der Waals surface area contributed by atoms with E-state index >= 15 is 0 Å². The second kappa shape index (κ2) is 6.62. The Morgan fingerprint density at radius 2 is 2.15 bits per heavy atom. The summed E-state index contributed by atoms with van der Waals surface area (Å²) in [6.07, 6.45) is -1.52. The topological polar surface area (TPSA) is 79.7 Å². The summed E-state index contributed by atoms with van der Waals surface area (Å²) in [4.78, 5) is 29.9. The molecule has 1 amide bonds.